The van der Waals surface area contributed by atoms with Crippen molar-refractivity contribution in [3.63, 3.8) is 0 Å². The second-order valence-corrected chi connectivity index (χ2v) is 4.40. The van der Waals surface area contributed by atoms with Crippen molar-refractivity contribution in [2.24, 2.45) is 0 Å². The van der Waals surface area contributed by atoms with Crippen molar-refractivity contribution in [2.75, 3.05) is 40.4 Å². The number of carboxylic acid groups (broad SMARTS) is 1. The van der Waals surface area contributed by atoms with Crippen molar-refractivity contribution >= 4 is 5.97 Å². The number of hydrogen-bond donors (Lipinski definition) is 2. The zero-order valence-electron chi connectivity index (χ0n) is 11.2. The molecule has 0 aromatic heterocycles. The Morgan fingerprint density at radius 2 is 2.12 bits per heavy atom. The van der Waals surface area contributed by atoms with E-state index in [2.05, 4.69) is 17.1 Å². The van der Waals surface area contributed by atoms with Crippen molar-refractivity contribution in [3.8, 4) is 0 Å². The van der Waals surface area contributed by atoms with Crippen LogP contribution in [-0.2, 0) is 9.53 Å². The lowest BCUT2D eigenvalue weighted by atomic mass is 10.1. The van der Waals surface area contributed by atoms with Gasteiger partial charge in [-0.1, -0.05) is 19.8 Å². The molecule has 0 aliphatic heterocycles. The number of likely N-dealkylation sites (N-methyl/N-ethyl adjacent to an activating group) is 1. The van der Waals surface area contributed by atoms with Gasteiger partial charge in [0.2, 0.25) is 0 Å². The molecule has 0 aliphatic rings. The number of nitrogens with one attached hydrogen (secondary N) is 1. The van der Waals surface area contributed by atoms with E-state index in [0.29, 0.717) is 26.2 Å². The lowest BCUT2D eigenvalue weighted by Gasteiger charge is -2.14. The zero-order chi connectivity index (χ0) is 13.1. The SMILES string of the molecule is CCCCC(NCCOCCN(C)C)C(=O)O. The number of nitrogens with zero attached hydrogens (tertiary/aromatic N) is 1. The molecular weight excluding hydrogens is 220 g/mol. The van der Waals surface area contributed by atoms with E-state index in [1.54, 1.807) is 0 Å². The highest BCUT2D eigenvalue weighted by atomic mass is 16.5. The highest BCUT2D eigenvalue weighted by Crippen LogP contribution is 2.00. The van der Waals surface area contributed by atoms with Crippen LogP contribution in [-0.4, -0.2) is 62.4 Å². The smallest absolute Gasteiger partial charge is 0.320 e. The molecule has 0 aromatic carbocycles. The third-order valence-electron chi connectivity index (χ3n) is 2.46. The Balaban J connectivity index is 3.51. The van der Waals surface area contributed by atoms with Crippen molar-refractivity contribution < 1.29 is 14.6 Å². The van der Waals surface area contributed by atoms with Crippen molar-refractivity contribution in [1.82, 2.24) is 10.2 Å². The highest BCUT2D eigenvalue weighted by molar-refractivity contribution is 5.73. The van der Waals surface area contributed by atoms with Gasteiger partial charge in [0, 0.05) is 13.1 Å². The Morgan fingerprint density at radius 3 is 2.65 bits per heavy atom. The summed E-state index contributed by atoms with van der Waals surface area (Å²) in [6, 6.07) is -0.438. The summed E-state index contributed by atoms with van der Waals surface area (Å²) in [4.78, 5) is 13.0. The van der Waals surface area contributed by atoms with Gasteiger partial charge >= 0.3 is 5.97 Å². The fraction of sp³-hybridized carbons (Fsp3) is 0.917. The monoisotopic (exact) mass is 246 g/mol. The van der Waals surface area contributed by atoms with E-state index in [1.165, 1.54) is 0 Å². The molecule has 0 saturated carbocycles. The Kier molecular flexibility index (Phi) is 10.1. The van der Waals surface area contributed by atoms with Crippen molar-refractivity contribution in [3.05, 3.63) is 0 Å². The summed E-state index contributed by atoms with van der Waals surface area (Å²) in [5, 5.41) is 12.0. The fourth-order valence-corrected chi connectivity index (χ4v) is 1.38. The summed E-state index contributed by atoms with van der Waals surface area (Å²) >= 11 is 0. The Morgan fingerprint density at radius 1 is 1.41 bits per heavy atom. The van der Waals surface area contributed by atoms with Gasteiger partial charge in [0.05, 0.1) is 13.2 Å². The Labute approximate surface area is 104 Å². The largest absolute Gasteiger partial charge is 0.480 e. The van der Waals surface area contributed by atoms with E-state index in [9.17, 15) is 4.79 Å². The summed E-state index contributed by atoms with van der Waals surface area (Å²) in [5.74, 6) is -0.772. The number of ether oxygens (including phenoxy) is 1. The van der Waals surface area contributed by atoms with Gasteiger partial charge in [0.15, 0.2) is 0 Å². The molecule has 0 aromatic rings. The summed E-state index contributed by atoms with van der Waals surface area (Å²) in [7, 11) is 3.99. The van der Waals surface area contributed by atoms with Gasteiger partial charge < -0.3 is 20.1 Å². The number of hydrogen-bond acceptors (Lipinski definition) is 4. The van der Waals surface area contributed by atoms with Crippen LogP contribution in [0.15, 0.2) is 0 Å². The molecule has 5 heteroatoms. The first-order valence-corrected chi connectivity index (χ1v) is 6.26. The van der Waals surface area contributed by atoms with Crippen LogP contribution in [0.3, 0.4) is 0 Å². The van der Waals surface area contributed by atoms with Gasteiger partial charge in [-0.15, -0.1) is 0 Å². The molecule has 0 radical (unpaired) electrons. The predicted molar refractivity (Wildman–Crippen MR) is 68.3 cm³/mol. The van der Waals surface area contributed by atoms with Crippen molar-refractivity contribution in [2.45, 2.75) is 32.2 Å². The van der Waals surface area contributed by atoms with E-state index >= 15 is 0 Å². The fourth-order valence-electron chi connectivity index (χ4n) is 1.38. The number of carbonyl (C=O) groups is 1. The molecule has 0 aliphatic carbocycles. The average Bonchev–Trinajstić information content (AvgIpc) is 2.26. The van der Waals surface area contributed by atoms with Crippen LogP contribution in [0, 0.1) is 0 Å². The minimum atomic E-state index is -0.772. The van der Waals surface area contributed by atoms with Gasteiger partial charge in [-0.3, -0.25) is 4.79 Å². The van der Waals surface area contributed by atoms with E-state index in [-0.39, 0.29) is 0 Å². The van der Waals surface area contributed by atoms with Gasteiger partial charge in [0.1, 0.15) is 6.04 Å². The van der Waals surface area contributed by atoms with Gasteiger partial charge in [-0.2, -0.15) is 0 Å². The predicted octanol–water partition coefficient (Wildman–Crippen LogP) is 0.798. The molecule has 102 valence electrons. The summed E-state index contributed by atoms with van der Waals surface area (Å²) in [5.41, 5.74) is 0. The maximum absolute atomic E-state index is 10.9. The van der Waals surface area contributed by atoms with Crippen LogP contribution >= 0.6 is 0 Å². The highest BCUT2D eigenvalue weighted by Gasteiger charge is 2.14. The number of unbranched alkanes of at least 4 members (excludes halogenated alkanes) is 1. The normalized spacial score (nSPS) is 12.9. The maximum atomic E-state index is 10.9. The minimum absolute atomic E-state index is 0.438. The zero-order valence-corrected chi connectivity index (χ0v) is 11.2. The number of carboxylic acids is 1. The molecule has 1 unspecified atom stereocenters. The minimum Gasteiger partial charge on any atom is -0.480 e. The molecule has 5 nitrogen and oxygen atoms in total. The topological polar surface area (TPSA) is 61.8 Å². The summed E-state index contributed by atoms with van der Waals surface area (Å²) in [6.07, 6.45) is 2.64. The van der Waals surface area contributed by atoms with E-state index in [4.69, 9.17) is 9.84 Å². The third-order valence-corrected chi connectivity index (χ3v) is 2.46. The Hall–Kier alpha value is -0.650. The van der Waals surface area contributed by atoms with E-state index < -0.39 is 12.0 Å². The van der Waals surface area contributed by atoms with Gasteiger partial charge in [-0.05, 0) is 20.5 Å². The van der Waals surface area contributed by atoms with Crippen LogP contribution in [0.5, 0.6) is 0 Å². The standard InChI is InChI=1S/C12H26N2O3/c1-4-5-6-11(12(15)16)13-7-9-17-10-8-14(2)3/h11,13H,4-10H2,1-3H3,(H,15,16). The maximum Gasteiger partial charge on any atom is 0.320 e. The van der Waals surface area contributed by atoms with Crippen LogP contribution in [0.1, 0.15) is 26.2 Å². The van der Waals surface area contributed by atoms with Crippen LogP contribution in [0.4, 0.5) is 0 Å². The molecule has 0 rings (SSSR count). The lowest BCUT2D eigenvalue weighted by Crippen LogP contribution is -2.38. The molecule has 0 bridgehead atoms. The first-order chi connectivity index (χ1) is 8.07. The van der Waals surface area contributed by atoms with Crippen LogP contribution < -0.4 is 5.32 Å². The van der Waals surface area contributed by atoms with Gasteiger partial charge in [0.25, 0.3) is 0 Å². The molecule has 0 fully saturated rings. The first kappa shape index (κ1) is 16.4. The van der Waals surface area contributed by atoms with Crippen LogP contribution in [0.2, 0.25) is 0 Å². The molecule has 0 amide bonds. The average molecular weight is 246 g/mol. The third kappa shape index (κ3) is 10.2. The lowest BCUT2D eigenvalue weighted by molar-refractivity contribution is -0.139. The molecule has 17 heavy (non-hydrogen) atoms. The second kappa shape index (κ2) is 10.5. The number of rotatable bonds is 11. The molecule has 2 N–H and O–H groups in total. The molecule has 0 spiro atoms. The molecule has 1 atom stereocenters. The van der Waals surface area contributed by atoms with Crippen molar-refractivity contribution in [1.29, 1.82) is 0 Å². The molecule has 0 heterocycles. The second-order valence-electron chi connectivity index (χ2n) is 4.40. The Bertz CT molecular complexity index is 198. The molecule has 0 saturated heterocycles. The van der Waals surface area contributed by atoms with E-state index in [0.717, 1.165) is 19.4 Å². The number of aliphatic carboxylic acids is 1. The van der Waals surface area contributed by atoms with Crippen LogP contribution in [0.25, 0.3) is 0 Å². The first-order valence-electron chi connectivity index (χ1n) is 6.26. The van der Waals surface area contributed by atoms with Gasteiger partial charge in [-0.25, -0.2) is 0 Å². The quantitative estimate of drug-likeness (QED) is 0.528. The molecular formula is C12H26N2O3. The summed E-state index contributed by atoms with van der Waals surface area (Å²) < 4.78 is 5.38. The summed E-state index contributed by atoms with van der Waals surface area (Å²) in [6.45, 7) is 4.78. The van der Waals surface area contributed by atoms with E-state index in [1.807, 2.05) is 14.1 Å².